The summed E-state index contributed by atoms with van der Waals surface area (Å²) in [5.74, 6) is 0.846. The number of benzene rings is 1. The number of rotatable bonds is 8. The number of carbonyl (C=O) groups excluding carboxylic acids is 1. The van der Waals surface area contributed by atoms with Crippen LogP contribution in [0.3, 0.4) is 0 Å². The Kier molecular flexibility index (Phi) is 8.12. The zero-order valence-corrected chi connectivity index (χ0v) is 16.6. The monoisotopic (exact) mass is 379 g/mol. The van der Waals surface area contributed by atoms with Gasteiger partial charge in [-0.05, 0) is 43.3 Å². The first-order chi connectivity index (χ1) is 12.6. The lowest BCUT2D eigenvalue weighted by Crippen LogP contribution is -2.40. The summed E-state index contributed by atoms with van der Waals surface area (Å²) < 4.78 is 10.3. The maximum atomic E-state index is 12.8. The number of amides is 1. The number of nitrogens with one attached hydrogen (secondary N) is 2. The topological polar surface area (TPSA) is 62.8 Å². The molecule has 1 aromatic rings. The van der Waals surface area contributed by atoms with Gasteiger partial charge in [-0.2, -0.15) is 0 Å². The molecule has 1 saturated heterocycles. The van der Waals surface area contributed by atoms with Crippen molar-refractivity contribution in [2.75, 3.05) is 47.0 Å². The summed E-state index contributed by atoms with van der Waals surface area (Å²) >= 11 is 5.46. The number of nitrogens with zero attached hydrogens (tertiary/aromatic N) is 1. The third kappa shape index (κ3) is 5.32. The Hall–Kier alpha value is -1.86. The first kappa shape index (κ1) is 20.5. The van der Waals surface area contributed by atoms with Crippen LogP contribution >= 0.6 is 12.2 Å². The van der Waals surface area contributed by atoms with Crippen molar-refractivity contribution in [3.05, 3.63) is 29.8 Å². The number of thiocarbonyl (C=S) groups is 1. The highest BCUT2D eigenvalue weighted by atomic mass is 32.1. The van der Waals surface area contributed by atoms with E-state index in [4.69, 9.17) is 21.7 Å². The molecule has 2 N–H and O–H groups in total. The van der Waals surface area contributed by atoms with Gasteiger partial charge in [-0.25, -0.2) is 0 Å². The minimum absolute atomic E-state index is 0.0729. The first-order valence-electron chi connectivity index (χ1n) is 9.04. The van der Waals surface area contributed by atoms with Crippen molar-refractivity contribution in [2.24, 2.45) is 5.92 Å². The van der Waals surface area contributed by atoms with Crippen LogP contribution in [0, 0.1) is 5.92 Å². The number of hydrogen-bond donors (Lipinski definition) is 2. The number of ether oxygens (including phenoxy) is 2. The van der Waals surface area contributed by atoms with Gasteiger partial charge in [0.05, 0.1) is 13.0 Å². The Balaban J connectivity index is 2.11. The van der Waals surface area contributed by atoms with Gasteiger partial charge in [0.25, 0.3) is 0 Å². The van der Waals surface area contributed by atoms with E-state index in [1.165, 1.54) is 0 Å². The second-order valence-corrected chi connectivity index (χ2v) is 6.75. The van der Waals surface area contributed by atoms with Crippen LogP contribution in [0.15, 0.2) is 24.3 Å². The Labute approximate surface area is 161 Å². The maximum absolute atomic E-state index is 12.8. The molecular formula is C19H29N3O3S. The molecule has 1 aromatic carbocycles. The van der Waals surface area contributed by atoms with E-state index in [0.717, 1.165) is 30.8 Å². The van der Waals surface area contributed by atoms with Gasteiger partial charge in [0.15, 0.2) is 5.11 Å². The summed E-state index contributed by atoms with van der Waals surface area (Å²) in [4.78, 5) is 14.9. The number of carbonyl (C=O) groups is 1. The fourth-order valence-electron chi connectivity index (χ4n) is 3.25. The molecular weight excluding hydrogens is 350 g/mol. The highest BCUT2D eigenvalue weighted by Gasteiger charge is 2.39. The van der Waals surface area contributed by atoms with Crippen molar-refractivity contribution in [1.82, 2.24) is 15.5 Å². The van der Waals surface area contributed by atoms with E-state index in [9.17, 15) is 4.79 Å². The average molecular weight is 380 g/mol. The molecule has 1 amide bonds. The second-order valence-electron chi connectivity index (χ2n) is 6.36. The Bertz CT molecular complexity index is 594. The smallest absolute Gasteiger partial charge is 0.225 e. The summed E-state index contributed by atoms with van der Waals surface area (Å²) in [6.07, 6.45) is 0.807. The molecule has 1 heterocycles. The molecule has 26 heavy (non-hydrogen) atoms. The van der Waals surface area contributed by atoms with Gasteiger partial charge in [0.1, 0.15) is 5.75 Å². The summed E-state index contributed by atoms with van der Waals surface area (Å²) in [6, 6.07) is 7.95. The molecule has 0 aromatic heterocycles. The predicted octanol–water partition coefficient (Wildman–Crippen LogP) is 1.76. The lowest BCUT2D eigenvalue weighted by atomic mass is 9.88. The van der Waals surface area contributed by atoms with E-state index >= 15 is 0 Å². The third-order valence-electron chi connectivity index (χ3n) is 4.64. The van der Waals surface area contributed by atoms with Crippen LogP contribution in [0.4, 0.5) is 0 Å². The first-order valence-corrected chi connectivity index (χ1v) is 9.44. The number of hydrogen-bond acceptors (Lipinski definition) is 4. The van der Waals surface area contributed by atoms with Crippen molar-refractivity contribution in [3.63, 3.8) is 0 Å². The highest BCUT2D eigenvalue weighted by Crippen LogP contribution is 2.33. The summed E-state index contributed by atoms with van der Waals surface area (Å²) in [5, 5.41) is 6.93. The zero-order valence-electron chi connectivity index (χ0n) is 15.8. The fraction of sp³-hybridized carbons (Fsp3) is 0.579. The molecule has 2 atom stereocenters. The molecule has 0 aliphatic carbocycles. The minimum atomic E-state index is -0.137. The van der Waals surface area contributed by atoms with Gasteiger partial charge in [-0.15, -0.1) is 0 Å². The van der Waals surface area contributed by atoms with Crippen molar-refractivity contribution in [3.8, 4) is 5.75 Å². The van der Waals surface area contributed by atoms with E-state index < -0.39 is 0 Å². The Morgan fingerprint density at radius 3 is 2.58 bits per heavy atom. The lowest BCUT2D eigenvalue weighted by Gasteiger charge is -2.19. The van der Waals surface area contributed by atoms with Crippen LogP contribution in [0.1, 0.15) is 24.8 Å². The Morgan fingerprint density at radius 1 is 1.23 bits per heavy atom. The molecule has 144 valence electrons. The van der Waals surface area contributed by atoms with Crippen LogP contribution in [0.2, 0.25) is 0 Å². The van der Waals surface area contributed by atoms with E-state index in [0.29, 0.717) is 24.8 Å². The largest absolute Gasteiger partial charge is 0.497 e. The summed E-state index contributed by atoms with van der Waals surface area (Å²) in [7, 11) is 3.31. The van der Waals surface area contributed by atoms with Crippen LogP contribution in [-0.2, 0) is 9.53 Å². The lowest BCUT2D eigenvalue weighted by molar-refractivity contribution is -0.124. The Morgan fingerprint density at radius 2 is 1.96 bits per heavy atom. The fourth-order valence-corrected chi connectivity index (χ4v) is 3.54. The van der Waals surface area contributed by atoms with Gasteiger partial charge in [0, 0.05) is 45.8 Å². The van der Waals surface area contributed by atoms with Gasteiger partial charge in [0.2, 0.25) is 5.91 Å². The van der Waals surface area contributed by atoms with Gasteiger partial charge < -0.3 is 25.0 Å². The quantitative estimate of drug-likeness (QED) is 0.530. The van der Waals surface area contributed by atoms with Gasteiger partial charge in [-0.1, -0.05) is 12.1 Å². The van der Waals surface area contributed by atoms with Crippen molar-refractivity contribution < 1.29 is 14.3 Å². The SMILES string of the molecule is CCNC(=S)N1C[C@H](C(=O)NCCCOC)[C@H](c2ccc(OC)cc2)C1. The summed E-state index contributed by atoms with van der Waals surface area (Å²) in [5.41, 5.74) is 1.13. The van der Waals surface area contributed by atoms with E-state index in [-0.39, 0.29) is 17.7 Å². The van der Waals surface area contributed by atoms with Crippen molar-refractivity contribution >= 4 is 23.2 Å². The normalized spacial score (nSPS) is 19.3. The van der Waals surface area contributed by atoms with Crippen molar-refractivity contribution in [1.29, 1.82) is 0 Å². The zero-order chi connectivity index (χ0) is 18.9. The third-order valence-corrected chi connectivity index (χ3v) is 5.04. The highest BCUT2D eigenvalue weighted by molar-refractivity contribution is 7.80. The molecule has 0 unspecified atom stereocenters. The van der Waals surface area contributed by atoms with Crippen LogP contribution in [-0.4, -0.2) is 62.9 Å². The van der Waals surface area contributed by atoms with Crippen LogP contribution in [0.25, 0.3) is 0 Å². The maximum Gasteiger partial charge on any atom is 0.225 e. The molecule has 0 saturated carbocycles. The summed E-state index contributed by atoms with van der Waals surface area (Å²) in [6.45, 7) is 5.41. The molecule has 2 rings (SSSR count). The standard InChI is InChI=1S/C19H29N3O3S/c1-4-20-19(26)22-12-16(14-6-8-15(25-3)9-7-14)17(13-22)18(23)21-10-5-11-24-2/h6-9,16-17H,4-5,10-13H2,1-3H3,(H,20,26)(H,21,23)/t16-,17-/m0/s1. The molecule has 7 heteroatoms. The molecule has 0 radical (unpaired) electrons. The van der Waals surface area contributed by atoms with E-state index in [1.807, 2.05) is 31.2 Å². The molecule has 1 aliphatic rings. The van der Waals surface area contributed by atoms with Crippen LogP contribution < -0.4 is 15.4 Å². The van der Waals surface area contributed by atoms with E-state index in [1.54, 1.807) is 14.2 Å². The van der Waals surface area contributed by atoms with Gasteiger partial charge >= 0.3 is 0 Å². The van der Waals surface area contributed by atoms with Crippen molar-refractivity contribution in [2.45, 2.75) is 19.3 Å². The van der Waals surface area contributed by atoms with Crippen LogP contribution in [0.5, 0.6) is 5.75 Å². The van der Waals surface area contributed by atoms with E-state index in [2.05, 4.69) is 15.5 Å². The molecule has 0 spiro atoms. The second kappa shape index (κ2) is 10.3. The number of methoxy groups -OCH3 is 2. The molecule has 0 bridgehead atoms. The molecule has 1 fully saturated rings. The average Bonchev–Trinajstić information content (AvgIpc) is 3.11. The molecule has 6 nitrogen and oxygen atoms in total. The van der Waals surface area contributed by atoms with Gasteiger partial charge in [-0.3, -0.25) is 4.79 Å². The molecule has 1 aliphatic heterocycles. The minimum Gasteiger partial charge on any atom is -0.497 e. The number of likely N-dealkylation sites (tertiary alicyclic amines) is 1. The predicted molar refractivity (Wildman–Crippen MR) is 107 cm³/mol.